The lowest BCUT2D eigenvalue weighted by Crippen LogP contribution is -2.24. The Labute approximate surface area is 129 Å². The zero-order valence-electron chi connectivity index (χ0n) is 13.2. The van der Waals surface area contributed by atoms with Gasteiger partial charge in [-0.1, -0.05) is 11.6 Å². The van der Waals surface area contributed by atoms with E-state index in [0.717, 1.165) is 5.57 Å². The van der Waals surface area contributed by atoms with Gasteiger partial charge < -0.3 is 14.6 Å². The molecule has 0 unspecified atom stereocenters. The average Bonchev–Trinajstić information content (AvgIpc) is 2.48. The van der Waals surface area contributed by atoms with Crippen molar-refractivity contribution in [3.63, 3.8) is 0 Å². The summed E-state index contributed by atoms with van der Waals surface area (Å²) < 4.78 is 9.95. The molecule has 0 saturated heterocycles. The molecule has 6 heteroatoms. The molecular formula is C16H20O6. The highest BCUT2D eigenvalue weighted by molar-refractivity contribution is 6.23. The Bertz CT molecular complexity index is 592. The number of carbonyl (C=O) groups is 3. The van der Waals surface area contributed by atoms with E-state index < -0.39 is 5.97 Å². The third kappa shape index (κ3) is 3.84. The number of carboxylic acid groups (broad SMARTS) is 1. The van der Waals surface area contributed by atoms with Gasteiger partial charge in [-0.05, 0) is 26.7 Å². The van der Waals surface area contributed by atoms with Crippen molar-refractivity contribution in [2.45, 2.75) is 33.1 Å². The predicted octanol–water partition coefficient (Wildman–Crippen LogP) is 2.16. The maximum absolute atomic E-state index is 12.4. The molecule has 0 spiro atoms. The lowest BCUT2D eigenvalue weighted by Gasteiger charge is -2.19. The second-order valence-corrected chi connectivity index (χ2v) is 4.98. The Morgan fingerprint density at radius 1 is 1.09 bits per heavy atom. The van der Waals surface area contributed by atoms with Crippen LogP contribution >= 0.6 is 0 Å². The summed E-state index contributed by atoms with van der Waals surface area (Å²) in [6.07, 6.45) is 2.45. The molecule has 0 aliphatic heterocycles. The summed E-state index contributed by atoms with van der Waals surface area (Å²) >= 11 is 0. The summed E-state index contributed by atoms with van der Waals surface area (Å²) in [6.45, 7) is 3.36. The van der Waals surface area contributed by atoms with E-state index in [1.54, 1.807) is 19.9 Å². The number of rotatable bonds is 7. The number of carboxylic acids is 1. The van der Waals surface area contributed by atoms with Gasteiger partial charge in [0.15, 0.2) is 0 Å². The van der Waals surface area contributed by atoms with Gasteiger partial charge in [-0.25, -0.2) is 0 Å². The zero-order valence-corrected chi connectivity index (χ0v) is 13.2. The van der Waals surface area contributed by atoms with E-state index in [4.69, 9.17) is 14.6 Å². The smallest absolute Gasteiger partial charge is 0.303 e. The molecule has 6 nitrogen and oxygen atoms in total. The van der Waals surface area contributed by atoms with Crippen molar-refractivity contribution < 1.29 is 29.0 Å². The molecule has 0 bridgehead atoms. The molecule has 1 N–H and O–H groups in total. The molecule has 0 aromatic rings. The van der Waals surface area contributed by atoms with Crippen LogP contribution in [0.5, 0.6) is 0 Å². The van der Waals surface area contributed by atoms with Crippen LogP contribution in [-0.4, -0.2) is 36.9 Å². The maximum atomic E-state index is 12.4. The molecule has 0 heterocycles. The molecule has 120 valence electrons. The number of hydrogen-bond acceptors (Lipinski definition) is 5. The van der Waals surface area contributed by atoms with Crippen LogP contribution in [0.2, 0.25) is 0 Å². The molecule has 1 aliphatic carbocycles. The topological polar surface area (TPSA) is 89.9 Å². The van der Waals surface area contributed by atoms with E-state index in [-0.39, 0.29) is 35.9 Å². The molecule has 1 rings (SSSR count). The Balaban J connectivity index is 2.98. The van der Waals surface area contributed by atoms with Crippen LogP contribution in [0, 0.1) is 0 Å². The van der Waals surface area contributed by atoms with Crippen molar-refractivity contribution in [1.29, 1.82) is 0 Å². The van der Waals surface area contributed by atoms with E-state index in [0.29, 0.717) is 17.6 Å². The van der Waals surface area contributed by atoms with Crippen molar-refractivity contribution in [2.24, 2.45) is 0 Å². The van der Waals surface area contributed by atoms with Crippen LogP contribution in [0.25, 0.3) is 0 Å². The number of ketones is 2. The van der Waals surface area contributed by atoms with E-state index in [9.17, 15) is 14.4 Å². The number of Topliss-reactive ketones (excluding diaryl/α,β-unsaturated/α-hetero) is 2. The molecular weight excluding hydrogens is 288 g/mol. The van der Waals surface area contributed by atoms with E-state index in [1.807, 2.05) is 0 Å². The van der Waals surface area contributed by atoms with Gasteiger partial charge in [0.25, 0.3) is 0 Å². The lowest BCUT2D eigenvalue weighted by atomic mass is 9.90. The number of hydrogen-bond donors (Lipinski definition) is 1. The summed E-state index contributed by atoms with van der Waals surface area (Å²) in [5, 5.41) is 8.65. The average molecular weight is 308 g/mol. The first-order chi connectivity index (χ1) is 10.3. The minimum Gasteiger partial charge on any atom is -0.489 e. The van der Waals surface area contributed by atoms with E-state index in [1.165, 1.54) is 14.2 Å². The Hall–Kier alpha value is -2.37. The van der Waals surface area contributed by atoms with Crippen molar-refractivity contribution in [3.8, 4) is 0 Å². The molecule has 0 aromatic heterocycles. The van der Waals surface area contributed by atoms with Crippen molar-refractivity contribution in [2.75, 3.05) is 14.2 Å². The number of methoxy groups -OCH3 is 2. The third-order valence-electron chi connectivity index (χ3n) is 3.48. The molecule has 0 aromatic carbocycles. The Morgan fingerprint density at radius 2 is 1.64 bits per heavy atom. The Kier molecular flexibility index (Phi) is 6.10. The molecule has 1 aliphatic rings. The van der Waals surface area contributed by atoms with Crippen LogP contribution in [0.3, 0.4) is 0 Å². The number of allylic oxidation sites excluding steroid dienone is 4. The van der Waals surface area contributed by atoms with Crippen molar-refractivity contribution in [1.82, 2.24) is 0 Å². The van der Waals surface area contributed by atoms with Crippen LogP contribution in [0.1, 0.15) is 33.1 Å². The normalized spacial score (nSPS) is 16.3. The molecule has 0 amide bonds. The van der Waals surface area contributed by atoms with Gasteiger partial charge >= 0.3 is 5.97 Å². The number of ether oxygens (including phenoxy) is 2. The van der Waals surface area contributed by atoms with Gasteiger partial charge in [-0.3, -0.25) is 14.4 Å². The predicted molar refractivity (Wildman–Crippen MR) is 79.0 cm³/mol. The van der Waals surface area contributed by atoms with E-state index >= 15 is 0 Å². The first-order valence-electron chi connectivity index (χ1n) is 6.82. The van der Waals surface area contributed by atoms with Gasteiger partial charge in [0.05, 0.1) is 14.2 Å². The highest BCUT2D eigenvalue weighted by Gasteiger charge is 2.33. The van der Waals surface area contributed by atoms with Gasteiger partial charge in [0, 0.05) is 17.6 Å². The first-order valence-corrected chi connectivity index (χ1v) is 6.82. The van der Waals surface area contributed by atoms with Gasteiger partial charge in [-0.15, -0.1) is 0 Å². The van der Waals surface area contributed by atoms with Crippen molar-refractivity contribution >= 4 is 17.5 Å². The van der Waals surface area contributed by atoms with Gasteiger partial charge in [0.1, 0.15) is 0 Å². The highest BCUT2D eigenvalue weighted by atomic mass is 16.5. The monoisotopic (exact) mass is 308 g/mol. The molecule has 22 heavy (non-hydrogen) atoms. The van der Waals surface area contributed by atoms with Crippen LogP contribution < -0.4 is 0 Å². The quantitative estimate of drug-likeness (QED) is 0.572. The van der Waals surface area contributed by atoms with Crippen LogP contribution in [0.15, 0.2) is 34.3 Å². The van der Waals surface area contributed by atoms with Gasteiger partial charge in [-0.2, -0.15) is 0 Å². The summed E-state index contributed by atoms with van der Waals surface area (Å²) in [7, 11) is 2.62. The van der Waals surface area contributed by atoms with Crippen LogP contribution in [-0.2, 0) is 23.9 Å². The van der Waals surface area contributed by atoms with Crippen molar-refractivity contribution in [3.05, 3.63) is 34.3 Å². The summed E-state index contributed by atoms with van der Waals surface area (Å²) in [5.74, 6) is -1.80. The summed E-state index contributed by atoms with van der Waals surface area (Å²) in [5.41, 5.74) is 1.52. The lowest BCUT2D eigenvalue weighted by molar-refractivity contribution is -0.137. The number of carbonyl (C=O) groups excluding carboxylic acids is 2. The highest BCUT2D eigenvalue weighted by Crippen LogP contribution is 2.28. The van der Waals surface area contributed by atoms with Gasteiger partial charge in [0.2, 0.25) is 23.1 Å². The fraction of sp³-hybridized carbons (Fsp3) is 0.438. The number of aliphatic carboxylic acids is 1. The second-order valence-electron chi connectivity index (χ2n) is 4.98. The summed E-state index contributed by atoms with van der Waals surface area (Å²) in [4.78, 5) is 35.1. The van der Waals surface area contributed by atoms with Crippen LogP contribution in [0.4, 0.5) is 0 Å². The Morgan fingerprint density at radius 3 is 2.14 bits per heavy atom. The fourth-order valence-electron chi connectivity index (χ4n) is 2.12. The largest absolute Gasteiger partial charge is 0.489 e. The SMILES string of the molecule is COC1=C(OC)C(=O)C(C/C=C(\C)CCC(=O)O)=C(C)C1=O. The third-order valence-corrected chi connectivity index (χ3v) is 3.48. The standard InChI is InChI=1S/C16H20O6/c1-9(6-8-12(17)18)5-7-11-10(2)13(19)15(21-3)16(22-4)14(11)20/h5H,6-8H2,1-4H3,(H,17,18)/b9-5+. The molecule has 0 saturated carbocycles. The minimum atomic E-state index is -0.874. The minimum absolute atomic E-state index is 0.0320. The first kappa shape index (κ1) is 17.7. The molecule has 0 fully saturated rings. The zero-order chi connectivity index (χ0) is 16.9. The molecule has 0 atom stereocenters. The second kappa shape index (κ2) is 7.59. The maximum Gasteiger partial charge on any atom is 0.303 e. The summed E-state index contributed by atoms with van der Waals surface area (Å²) in [6, 6.07) is 0. The fourth-order valence-corrected chi connectivity index (χ4v) is 2.12. The molecule has 0 radical (unpaired) electrons. The van der Waals surface area contributed by atoms with E-state index in [2.05, 4.69) is 0 Å².